The van der Waals surface area contributed by atoms with Crippen LogP contribution in [0, 0.1) is 0 Å². The predicted octanol–water partition coefficient (Wildman–Crippen LogP) is 3.93. The highest BCUT2D eigenvalue weighted by molar-refractivity contribution is 6.30. The van der Waals surface area contributed by atoms with Crippen LogP contribution in [0.5, 0.6) is 0 Å². The number of ether oxygens (including phenoxy) is 1. The minimum atomic E-state index is -0.510. The molecule has 0 saturated heterocycles. The Labute approximate surface area is 143 Å². The van der Waals surface area contributed by atoms with Crippen molar-refractivity contribution in [3.8, 4) is 17.0 Å². The van der Waals surface area contributed by atoms with E-state index in [0.29, 0.717) is 28.6 Å². The molecule has 0 bridgehead atoms. The molecule has 0 aliphatic heterocycles. The Morgan fingerprint density at radius 2 is 1.79 bits per heavy atom. The molecule has 6 heteroatoms. The second-order valence-electron chi connectivity index (χ2n) is 5.01. The normalized spacial score (nSPS) is 10.6. The van der Waals surface area contributed by atoms with E-state index in [2.05, 4.69) is 0 Å². The fourth-order valence-corrected chi connectivity index (χ4v) is 2.37. The number of carbonyl (C=O) groups is 1. The molecule has 0 atom stereocenters. The number of carbonyl (C=O) groups excluding carboxylic acids is 1. The number of nitrogens with zero attached hydrogens (tertiary/aromatic N) is 1. The van der Waals surface area contributed by atoms with Gasteiger partial charge in [0.1, 0.15) is 0 Å². The molecule has 0 aliphatic carbocycles. The molecule has 3 rings (SSSR count). The first-order valence-electron chi connectivity index (χ1n) is 7.34. The molecule has 24 heavy (non-hydrogen) atoms. The lowest BCUT2D eigenvalue weighted by atomic mass is 10.2. The SMILES string of the molecule is CCOC(=O)c1ccc(-n2cc(-c3ccc(Cl)cc3)oc2=O)cc1. The monoisotopic (exact) mass is 343 g/mol. The van der Waals surface area contributed by atoms with E-state index in [-0.39, 0.29) is 0 Å². The van der Waals surface area contributed by atoms with Gasteiger partial charge in [0.2, 0.25) is 0 Å². The van der Waals surface area contributed by atoms with Crippen molar-refractivity contribution in [3.05, 3.63) is 75.9 Å². The van der Waals surface area contributed by atoms with Crippen LogP contribution in [0.25, 0.3) is 17.0 Å². The number of oxazole rings is 1. The van der Waals surface area contributed by atoms with Crippen molar-refractivity contribution in [2.45, 2.75) is 6.92 Å². The van der Waals surface area contributed by atoms with Gasteiger partial charge in [0.25, 0.3) is 0 Å². The van der Waals surface area contributed by atoms with Gasteiger partial charge in [-0.15, -0.1) is 0 Å². The van der Waals surface area contributed by atoms with E-state index in [0.717, 1.165) is 5.56 Å². The zero-order valence-electron chi connectivity index (χ0n) is 12.9. The lowest BCUT2D eigenvalue weighted by molar-refractivity contribution is 0.0526. The first-order valence-corrected chi connectivity index (χ1v) is 7.72. The number of benzene rings is 2. The van der Waals surface area contributed by atoms with Crippen molar-refractivity contribution in [1.82, 2.24) is 4.57 Å². The molecule has 0 spiro atoms. The molecule has 0 unspecified atom stereocenters. The molecule has 3 aromatic rings. The first-order chi connectivity index (χ1) is 11.6. The Bertz CT molecular complexity index is 907. The molecule has 1 heterocycles. The number of rotatable bonds is 4. The summed E-state index contributed by atoms with van der Waals surface area (Å²) >= 11 is 5.86. The predicted molar refractivity (Wildman–Crippen MR) is 90.7 cm³/mol. The number of esters is 1. The quantitative estimate of drug-likeness (QED) is 0.673. The minimum Gasteiger partial charge on any atom is -0.462 e. The summed E-state index contributed by atoms with van der Waals surface area (Å²) in [5.41, 5.74) is 1.77. The van der Waals surface area contributed by atoms with Crippen LogP contribution in [0.2, 0.25) is 5.02 Å². The van der Waals surface area contributed by atoms with Crippen LogP contribution in [-0.2, 0) is 4.74 Å². The van der Waals surface area contributed by atoms with Crippen LogP contribution >= 0.6 is 11.6 Å². The molecular weight excluding hydrogens is 330 g/mol. The van der Waals surface area contributed by atoms with Gasteiger partial charge in [0, 0.05) is 10.6 Å². The van der Waals surface area contributed by atoms with E-state index in [9.17, 15) is 9.59 Å². The van der Waals surface area contributed by atoms with E-state index in [1.807, 2.05) is 0 Å². The van der Waals surface area contributed by atoms with E-state index >= 15 is 0 Å². The van der Waals surface area contributed by atoms with Crippen LogP contribution in [0.15, 0.2) is 63.9 Å². The van der Waals surface area contributed by atoms with Crippen molar-refractivity contribution in [2.24, 2.45) is 0 Å². The van der Waals surface area contributed by atoms with E-state index < -0.39 is 11.7 Å². The molecule has 122 valence electrons. The van der Waals surface area contributed by atoms with Crippen molar-refractivity contribution in [2.75, 3.05) is 6.61 Å². The molecule has 0 N–H and O–H groups in total. The zero-order chi connectivity index (χ0) is 17.1. The largest absolute Gasteiger partial charge is 0.462 e. The number of aromatic nitrogens is 1. The van der Waals surface area contributed by atoms with Crippen molar-refractivity contribution in [1.29, 1.82) is 0 Å². The summed E-state index contributed by atoms with van der Waals surface area (Å²) in [7, 11) is 0. The summed E-state index contributed by atoms with van der Waals surface area (Å²) in [4.78, 5) is 23.7. The Morgan fingerprint density at radius 3 is 2.42 bits per heavy atom. The topological polar surface area (TPSA) is 61.4 Å². The van der Waals surface area contributed by atoms with Crippen LogP contribution in [-0.4, -0.2) is 17.1 Å². The minimum absolute atomic E-state index is 0.312. The molecule has 0 saturated carbocycles. The van der Waals surface area contributed by atoms with E-state index in [4.69, 9.17) is 20.8 Å². The van der Waals surface area contributed by atoms with Gasteiger partial charge in [0.05, 0.1) is 24.1 Å². The Kier molecular flexibility index (Phi) is 4.53. The Balaban J connectivity index is 1.91. The smallest absolute Gasteiger partial charge is 0.424 e. The number of hydrogen-bond donors (Lipinski definition) is 0. The zero-order valence-corrected chi connectivity index (χ0v) is 13.6. The van der Waals surface area contributed by atoms with Gasteiger partial charge >= 0.3 is 11.7 Å². The lowest BCUT2D eigenvalue weighted by Crippen LogP contribution is -2.11. The molecule has 0 amide bonds. The van der Waals surface area contributed by atoms with Gasteiger partial charge in [-0.1, -0.05) is 11.6 Å². The van der Waals surface area contributed by atoms with Gasteiger partial charge in [-0.25, -0.2) is 14.2 Å². The molecular formula is C18H14ClNO4. The van der Waals surface area contributed by atoms with Crippen molar-refractivity contribution >= 4 is 17.6 Å². The van der Waals surface area contributed by atoms with Crippen molar-refractivity contribution in [3.63, 3.8) is 0 Å². The summed E-state index contributed by atoms with van der Waals surface area (Å²) in [6, 6.07) is 13.5. The van der Waals surface area contributed by atoms with E-state index in [1.165, 1.54) is 4.57 Å². The van der Waals surface area contributed by atoms with Crippen LogP contribution < -0.4 is 5.76 Å². The molecule has 2 aromatic carbocycles. The van der Waals surface area contributed by atoms with Gasteiger partial charge in [-0.3, -0.25) is 0 Å². The van der Waals surface area contributed by atoms with Crippen LogP contribution in [0.1, 0.15) is 17.3 Å². The highest BCUT2D eigenvalue weighted by Gasteiger charge is 2.11. The van der Waals surface area contributed by atoms with Crippen LogP contribution in [0.4, 0.5) is 0 Å². The third-order valence-corrected chi connectivity index (χ3v) is 3.68. The highest BCUT2D eigenvalue weighted by atomic mass is 35.5. The second kappa shape index (κ2) is 6.76. The highest BCUT2D eigenvalue weighted by Crippen LogP contribution is 2.21. The fraction of sp³-hybridized carbons (Fsp3) is 0.111. The van der Waals surface area contributed by atoms with Gasteiger partial charge in [-0.2, -0.15) is 0 Å². The summed E-state index contributed by atoms with van der Waals surface area (Å²) in [5, 5.41) is 0.607. The third-order valence-electron chi connectivity index (χ3n) is 3.43. The first kappa shape index (κ1) is 16.1. The second-order valence-corrected chi connectivity index (χ2v) is 5.44. The van der Waals surface area contributed by atoms with E-state index in [1.54, 1.807) is 61.7 Å². The lowest BCUT2D eigenvalue weighted by Gasteiger charge is -2.03. The standard InChI is InChI=1S/C18H14ClNO4/c1-2-23-17(21)13-5-9-15(10-6-13)20-11-16(24-18(20)22)12-3-7-14(19)8-4-12/h3-11H,2H2,1H3. The maximum absolute atomic E-state index is 12.1. The fourth-order valence-electron chi connectivity index (χ4n) is 2.24. The third kappa shape index (κ3) is 3.26. The van der Waals surface area contributed by atoms with Crippen LogP contribution in [0.3, 0.4) is 0 Å². The average Bonchev–Trinajstić information content (AvgIpc) is 2.98. The molecule has 0 radical (unpaired) electrons. The summed E-state index contributed by atoms with van der Waals surface area (Å²) in [5.74, 6) is -0.472. The summed E-state index contributed by atoms with van der Waals surface area (Å²) in [6.45, 7) is 2.06. The Morgan fingerprint density at radius 1 is 1.12 bits per heavy atom. The van der Waals surface area contributed by atoms with Gasteiger partial charge in [-0.05, 0) is 55.5 Å². The molecule has 0 fully saturated rings. The van der Waals surface area contributed by atoms with Gasteiger partial charge in [0.15, 0.2) is 5.76 Å². The summed E-state index contributed by atoms with van der Waals surface area (Å²) in [6.07, 6.45) is 1.60. The maximum atomic E-state index is 12.1. The average molecular weight is 344 g/mol. The summed E-state index contributed by atoms with van der Waals surface area (Å²) < 4.78 is 11.6. The number of halogens is 1. The number of hydrogen-bond acceptors (Lipinski definition) is 4. The Hall–Kier alpha value is -2.79. The molecule has 0 aliphatic rings. The molecule has 1 aromatic heterocycles. The van der Waals surface area contributed by atoms with Crippen molar-refractivity contribution < 1.29 is 13.9 Å². The molecule has 5 nitrogen and oxygen atoms in total. The van der Waals surface area contributed by atoms with Gasteiger partial charge < -0.3 is 9.15 Å². The maximum Gasteiger partial charge on any atom is 0.424 e.